The predicted octanol–water partition coefficient (Wildman–Crippen LogP) is -1.52. The molecule has 0 aromatic heterocycles. The Bertz CT molecular complexity index is 1090. The second-order valence-corrected chi connectivity index (χ2v) is 11.1. The molecule has 0 saturated heterocycles. The Hall–Kier alpha value is -4.50. The predicted molar refractivity (Wildman–Crippen MR) is 170 cm³/mol. The number of nitrogens with two attached hydrogens (primary N) is 2. The molecule has 16 heteroatoms. The Morgan fingerprint density at radius 3 is 1.80 bits per heavy atom. The van der Waals surface area contributed by atoms with Crippen LogP contribution < -0.4 is 38.1 Å². The molecule has 0 aliphatic rings. The summed E-state index contributed by atoms with van der Waals surface area (Å²) in [6.07, 6.45) is 5.00. The van der Waals surface area contributed by atoms with Gasteiger partial charge in [0, 0.05) is 57.9 Å². The molecule has 0 aliphatic carbocycles. The number of hydrogen-bond donors (Lipinski definition) is 7. The molecule has 0 aliphatic heterocycles. The van der Waals surface area contributed by atoms with Crippen LogP contribution in [0.4, 0.5) is 0 Å². The van der Waals surface area contributed by atoms with Gasteiger partial charge < -0.3 is 43.0 Å². The Morgan fingerprint density at radius 1 is 0.696 bits per heavy atom. The summed E-state index contributed by atoms with van der Waals surface area (Å²) >= 11 is 0. The van der Waals surface area contributed by atoms with Gasteiger partial charge >= 0.3 is 0 Å². The lowest BCUT2D eigenvalue weighted by molar-refractivity contribution is -0.139. The number of nitrogens with one attached hydrogen (secondary N) is 5. The van der Waals surface area contributed by atoms with Gasteiger partial charge in [0.25, 0.3) is 0 Å². The van der Waals surface area contributed by atoms with Crippen molar-refractivity contribution >= 4 is 47.3 Å². The zero-order valence-corrected chi connectivity index (χ0v) is 27.5. The van der Waals surface area contributed by atoms with Crippen LogP contribution in [0.3, 0.4) is 0 Å². The molecular weight excluding hydrogens is 600 g/mol. The minimum Gasteiger partial charge on any atom is -0.369 e. The summed E-state index contributed by atoms with van der Waals surface area (Å²) in [6, 6.07) is -0.837. The summed E-state index contributed by atoms with van der Waals surface area (Å²) < 4.78 is 0. The summed E-state index contributed by atoms with van der Waals surface area (Å²) in [5.41, 5.74) is 10.8. The molecule has 0 aromatic carbocycles. The number of amides is 8. The quantitative estimate of drug-likeness (QED) is 0.0475. The smallest absolute Gasteiger partial charge is 0.244 e. The minimum absolute atomic E-state index is 0.103. The van der Waals surface area contributed by atoms with Crippen molar-refractivity contribution in [1.82, 2.24) is 31.5 Å². The van der Waals surface area contributed by atoms with Crippen LogP contribution in [0.25, 0.3) is 0 Å². The number of nitrogens with zero attached hydrogens (tertiary/aromatic N) is 1. The highest BCUT2D eigenvalue weighted by atomic mass is 16.2. The number of hydrogen-bond acceptors (Lipinski definition) is 8. The number of rotatable bonds is 24. The van der Waals surface area contributed by atoms with Crippen LogP contribution in [0, 0.1) is 5.92 Å². The van der Waals surface area contributed by atoms with Crippen LogP contribution in [-0.2, 0) is 38.4 Å². The van der Waals surface area contributed by atoms with Crippen molar-refractivity contribution in [3.05, 3.63) is 11.6 Å². The van der Waals surface area contributed by atoms with Gasteiger partial charge in [-0.15, -0.1) is 0 Å². The summed E-state index contributed by atoms with van der Waals surface area (Å²) in [5, 5.41) is 13.2. The third-order valence-electron chi connectivity index (χ3n) is 6.82. The van der Waals surface area contributed by atoms with Crippen molar-refractivity contribution in [2.45, 2.75) is 85.1 Å². The van der Waals surface area contributed by atoms with Crippen LogP contribution in [0.2, 0.25) is 0 Å². The summed E-state index contributed by atoms with van der Waals surface area (Å²) in [5.74, 6) is -3.87. The van der Waals surface area contributed by atoms with Gasteiger partial charge in [-0.1, -0.05) is 19.4 Å². The maximum Gasteiger partial charge on any atom is 0.244 e. The van der Waals surface area contributed by atoms with E-state index >= 15 is 0 Å². The first-order chi connectivity index (χ1) is 21.6. The van der Waals surface area contributed by atoms with E-state index in [1.54, 1.807) is 19.9 Å². The maximum atomic E-state index is 13.1. The standard InChI is InChI=1S/C30H52N8O8/c1-20(28(31)44)10-5-7-15-34-25(41)18-38(19-26(42)35-16-9-11-21(2)29(32)45)27(43)13-17-36-30(46)24(37-23(4)40)12-6-8-14-33-22(3)39/h11,20,24H,5-10,12-19H2,1-4H3,(H2,31,44)(H2,32,45)(H,33,39)(H,34,41)(H,35,42)(H,36,46)(H,37,40)/t20-,24-/m0/s1. The van der Waals surface area contributed by atoms with Crippen molar-refractivity contribution in [1.29, 1.82) is 0 Å². The lowest BCUT2D eigenvalue weighted by atomic mass is 10.0. The molecule has 0 rings (SSSR count). The molecule has 0 unspecified atom stereocenters. The lowest BCUT2D eigenvalue weighted by Gasteiger charge is -2.22. The van der Waals surface area contributed by atoms with Crippen LogP contribution in [0.1, 0.15) is 79.1 Å². The Balaban J connectivity index is 5.12. The molecule has 0 fully saturated rings. The largest absolute Gasteiger partial charge is 0.369 e. The highest BCUT2D eigenvalue weighted by Gasteiger charge is 2.22. The molecule has 0 radical (unpaired) electrons. The van der Waals surface area contributed by atoms with E-state index in [2.05, 4.69) is 26.6 Å². The molecule has 0 bridgehead atoms. The van der Waals surface area contributed by atoms with Crippen molar-refractivity contribution in [2.24, 2.45) is 17.4 Å². The zero-order valence-electron chi connectivity index (χ0n) is 27.5. The fourth-order valence-corrected chi connectivity index (χ4v) is 4.06. The molecule has 0 aromatic rings. The van der Waals surface area contributed by atoms with E-state index in [9.17, 15) is 38.4 Å². The van der Waals surface area contributed by atoms with E-state index in [4.69, 9.17) is 11.5 Å². The Labute approximate surface area is 270 Å². The van der Waals surface area contributed by atoms with Crippen molar-refractivity contribution < 1.29 is 38.4 Å². The van der Waals surface area contributed by atoms with Crippen molar-refractivity contribution in [3.8, 4) is 0 Å². The molecular formula is C30H52N8O8. The summed E-state index contributed by atoms with van der Waals surface area (Å²) in [6.45, 7) is 5.95. The maximum absolute atomic E-state index is 13.1. The number of primary amides is 2. The van der Waals surface area contributed by atoms with E-state index in [1.807, 2.05) is 0 Å². The molecule has 0 saturated carbocycles. The first kappa shape index (κ1) is 41.5. The second-order valence-electron chi connectivity index (χ2n) is 11.1. The average molecular weight is 653 g/mol. The number of carbonyl (C=O) groups excluding carboxylic acids is 8. The third-order valence-corrected chi connectivity index (χ3v) is 6.82. The van der Waals surface area contributed by atoms with Crippen molar-refractivity contribution in [2.75, 3.05) is 39.3 Å². The highest BCUT2D eigenvalue weighted by Crippen LogP contribution is 2.06. The highest BCUT2D eigenvalue weighted by molar-refractivity contribution is 5.91. The minimum atomic E-state index is -0.837. The Kier molecular flexibility index (Phi) is 21.5. The fraction of sp³-hybridized carbons (Fsp3) is 0.667. The van der Waals surface area contributed by atoms with E-state index in [0.29, 0.717) is 63.6 Å². The molecule has 0 heterocycles. The van der Waals surface area contributed by atoms with Crippen LogP contribution in [0.5, 0.6) is 0 Å². The van der Waals surface area contributed by atoms with Crippen molar-refractivity contribution in [3.63, 3.8) is 0 Å². The summed E-state index contributed by atoms with van der Waals surface area (Å²) in [4.78, 5) is 97.0. The normalized spacial score (nSPS) is 12.2. The van der Waals surface area contributed by atoms with Crippen LogP contribution in [0.15, 0.2) is 11.6 Å². The third kappa shape index (κ3) is 21.2. The molecule has 2 atom stereocenters. The second kappa shape index (κ2) is 23.8. The van der Waals surface area contributed by atoms with E-state index < -0.39 is 60.5 Å². The topological polar surface area (TPSA) is 252 Å². The van der Waals surface area contributed by atoms with Crippen LogP contribution in [-0.4, -0.2) is 97.5 Å². The molecule has 8 amide bonds. The van der Waals surface area contributed by atoms with Gasteiger partial charge in [-0.2, -0.15) is 0 Å². The molecule has 16 nitrogen and oxygen atoms in total. The van der Waals surface area contributed by atoms with E-state index in [1.165, 1.54) is 13.8 Å². The van der Waals surface area contributed by atoms with E-state index in [-0.39, 0.29) is 31.3 Å². The van der Waals surface area contributed by atoms with Gasteiger partial charge in [0.05, 0.1) is 0 Å². The average Bonchev–Trinajstić information content (AvgIpc) is 2.97. The van der Waals surface area contributed by atoms with Crippen LogP contribution >= 0.6 is 0 Å². The molecule has 46 heavy (non-hydrogen) atoms. The molecule has 0 spiro atoms. The molecule has 260 valence electrons. The SMILES string of the molecule is CC(=O)NCCCC[C@H](NC(C)=O)C(=O)NCCC(=O)N(CC(=O)NCCC=C(C)C(N)=O)CC(=O)NCCCC[C@H](C)C(N)=O. The van der Waals surface area contributed by atoms with Gasteiger partial charge in [0.1, 0.15) is 19.1 Å². The number of unbranched alkanes of at least 4 members (excludes halogenated alkanes) is 2. The lowest BCUT2D eigenvalue weighted by Crippen LogP contribution is -2.48. The molecule has 9 N–H and O–H groups in total. The van der Waals surface area contributed by atoms with Gasteiger partial charge in [-0.25, -0.2) is 0 Å². The zero-order chi connectivity index (χ0) is 35.1. The first-order valence-corrected chi connectivity index (χ1v) is 15.5. The number of carbonyl (C=O) groups is 8. The Morgan fingerprint density at radius 2 is 1.26 bits per heavy atom. The first-order valence-electron chi connectivity index (χ1n) is 15.5. The van der Waals surface area contributed by atoms with Gasteiger partial charge in [-0.3, -0.25) is 38.4 Å². The van der Waals surface area contributed by atoms with Gasteiger partial charge in [0.15, 0.2) is 0 Å². The fourth-order valence-electron chi connectivity index (χ4n) is 4.06. The monoisotopic (exact) mass is 652 g/mol. The van der Waals surface area contributed by atoms with E-state index in [0.717, 1.165) is 4.90 Å². The summed E-state index contributed by atoms with van der Waals surface area (Å²) in [7, 11) is 0. The van der Waals surface area contributed by atoms with Gasteiger partial charge in [-0.05, 0) is 45.4 Å². The van der Waals surface area contributed by atoms with Gasteiger partial charge in [0.2, 0.25) is 47.3 Å².